The zero-order chi connectivity index (χ0) is 16.2. The molecule has 5 nitrogen and oxygen atoms in total. The highest BCUT2D eigenvalue weighted by Crippen LogP contribution is 2.19. The first-order valence-electron chi connectivity index (χ1n) is 7.58. The zero-order valence-electron chi connectivity index (χ0n) is 13.2. The SMILES string of the molecule is CCN(Cc1ccc(OC)cc1)C(=O)c1n[nH]c2ccccc12. The fourth-order valence-corrected chi connectivity index (χ4v) is 2.55. The van der Waals surface area contributed by atoms with E-state index >= 15 is 0 Å². The molecular weight excluding hydrogens is 290 g/mol. The minimum absolute atomic E-state index is 0.0687. The van der Waals surface area contributed by atoms with E-state index in [2.05, 4.69) is 10.2 Å². The first-order chi connectivity index (χ1) is 11.2. The molecule has 0 saturated heterocycles. The highest BCUT2D eigenvalue weighted by Gasteiger charge is 2.19. The third-order valence-electron chi connectivity index (χ3n) is 3.87. The minimum Gasteiger partial charge on any atom is -0.497 e. The van der Waals surface area contributed by atoms with E-state index in [4.69, 9.17) is 4.74 Å². The van der Waals surface area contributed by atoms with Crippen molar-refractivity contribution in [2.45, 2.75) is 13.5 Å². The fraction of sp³-hybridized carbons (Fsp3) is 0.222. The second-order valence-corrected chi connectivity index (χ2v) is 5.29. The third-order valence-corrected chi connectivity index (χ3v) is 3.87. The summed E-state index contributed by atoms with van der Waals surface area (Å²) < 4.78 is 5.16. The quantitative estimate of drug-likeness (QED) is 0.787. The highest BCUT2D eigenvalue weighted by atomic mass is 16.5. The van der Waals surface area contributed by atoms with Gasteiger partial charge >= 0.3 is 0 Å². The van der Waals surface area contributed by atoms with Crippen molar-refractivity contribution in [1.29, 1.82) is 0 Å². The van der Waals surface area contributed by atoms with Gasteiger partial charge in [-0.3, -0.25) is 9.89 Å². The van der Waals surface area contributed by atoms with Crippen LogP contribution in [0.4, 0.5) is 0 Å². The van der Waals surface area contributed by atoms with Crippen LogP contribution in [-0.2, 0) is 6.54 Å². The summed E-state index contributed by atoms with van der Waals surface area (Å²) >= 11 is 0. The molecule has 0 aliphatic carbocycles. The molecular formula is C18H19N3O2. The van der Waals surface area contributed by atoms with Crippen molar-refractivity contribution in [3.63, 3.8) is 0 Å². The average molecular weight is 309 g/mol. The molecule has 1 aromatic heterocycles. The number of para-hydroxylation sites is 1. The second-order valence-electron chi connectivity index (χ2n) is 5.29. The molecule has 0 spiro atoms. The molecule has 1 heterocycles. The minimum atomic E-state index is -0.0687. The molecule has 0 fully saturated rings. The summed E-state index contributed by atoms with van der Waals surface area (Å²) in [5, 5.41) is 7.96. The van der Waals surface area contributed by atoms with Gasteiger partial charge in [0.2, 0.25) is 0 Å². The van der Waals surface area contributed by atoms with E-state index in [-0.39, 0.29) is 5.91 Å². The number of rotatable bonds is 5. The van der Waals surface area contributed by atoms with E-state index in [9.17, 15) is 4.79 Å². The molecule has 3 aromatic rings. The number of H-pyrrole nitrogens is 1. The van der Waals surface area contributed by atoms with Crippen LogP contribution < -0.4 is 4.74 Å². The number of methoxy groups -OCH3 is 1. The normalized spacial score (nSPS) is 10.7. The van der Waals surface area contributed by atoms with Gasteiger partial charge in [0.15, 0.2) is 5.69 Å². The number of carbonyl (C=O) groups excluding carboxylic acids is 1. The van der Waals surface area contributed by atoms with E-state index < -0.39 is 0 Å². The Hall–Kier alpha value is -2.82. The monoisotopic (exact) mass is 309 g/mol. The molecule has 0 saturated carbocycles. The highest BCUT2D eigenvalue weighted by molar-refractivity contribution is 6.04. The lowest BCUT2D eigenvalue weighted by molar-refractivity contribution is 0.0748. The van der Waals surface area contributed by atoms with Gasteiger partial charge in [-0.25, -0.2) is 0 Å². The number of aromatic amines is 1. The van der Waals surface area contributed by atoms with Gasteiger partial charge in [0, 0.05) is 18.5 Å². The van der Waals surface area contributed by atoms with Crippen molar-refractivity contribution >= 4 is 16.8 Å². The lowest BCUT2D eigenvalue weighted by Gasteiger charge is -2.20. The number of fused-ring (bicyclic) bond motifs is 1. The largest absolute Gasteiger partial charge is 0.497 e. The van der Waals surface area contributed by atoms with Crippen LogP contribution in [0.15, 0.2) is 48.5 Å². The van der Waals surface area contributed by atoms with Crippen molar-refractivity contribution in [2.24, 2.45) is 0 Å². The molecule has 5 heteroatoms. The molecule has 3 rings (SSSR count). The van der Waals surface area contributed by atoms with E-state index in [1.54, 1.807) is 12.0 Å². The van der Waals surface area contributed by atoms with Crippen LogP contribution in [0.25, 0.3) is 10.9 Å². The average Bonchev–Trinajstić information content (AvgIpc) is 3.03. The van der Waals surface area contributed by atoms with Gasteiger partial charge in [0.1, 0.15) is 5.75 Å². The van der Waals surface area contributed by atoms with Gasteiger partial charge in [0.05, 0.1) is 12.6 Å². The van der Waals surface area contributed by atoms with Crippen molar-refractivity contribution in [2.75, 3.05) is 13.7 Å². The van der Waals surface area contributed by atoms with Crippen LogP contribution in [0.1, 0.15) is 23.0 Å². The van der Waals surface area contributed by atoms with Crippen molar-refractivity contribution < 1.29 is 9.53 Å². The van der Waals surface area contributed by atoms with Gasteiger partial charge < -0.3 is 9.64 Å². The molecule has 1 amide bonds. The maximum Gasteiger partial charge on any atom is 0.275 e. The number of aromatic nitrogens is 2. The number of ether oxygens (including phenoxy) is 1. The first kappa shape index (κ1) is 15.1. The Morgan fingerprint density at radius 1 is 1.17 bits per heavy atom. The number of benzene rings is 2. The van der Waals surface area contributed by atoms with Gasteiger partial charge in [0.25, 0.3) is 5.91 Å². The molecule has 2 aromatic carbocycles. The summed E-state index contributed by atoms with van der Waals surface area (Å²) in [5.74, 6) is 0.738. The van der Waals surface area contributed by atoms with Crippen LogP contribution in [0.5, 0.6) is 5.75 Å². The van der Waals surface area contributed by atoms with E-state index in [0.29, 0.717) is 18.8 Å². The number of hydrogen-bond donors (Lipinski definition) is 1. The van der Waals surface area contributed by atoms with Crippen molar-refractivity contribution in [1.82, 2.24) is 15.1 Å². The Balaban J connectivity index is 1.83. The molecule has 118 valence electrons. The standard InChI is InChI=1S/C18H19N3O2/c1-3-21(12-13-8-10-14(23-2)11-9-13)18(22)17-15-6-4-5-7-16(15)19-20-17/h4-11H,3,12H2,1-2H3,(H,19,20). The Bertz CT molecular complexity index is 809. The topological polar surface area (TPSA) is 58.2 Å². The molecule has 0 aliphatic rings. The first-order valence-corrected chi connectivity index (χ1v) is 7.58. The Morgan fingerprint density at radius 3 is 2.61 bits per heavy atom. The summed E-state index contributed by atoms with van der Waals surface area (Å²) in [5.41, 5.74) is 2.40. The van der Waals surface area contributed by atoms with E-state index in [1.807, 2.05) is 55.5 Å². The molecule has 0 atom stereocenters. The number of amides is 1. The van der Waals surface area contributed by atoms with Crippen LogP contribution in [-0.4, -0.2) is 34.7 Å². The van der Waals surface area contributed by atoms with Gasteiger partial charge in [-0.1, -0.05) is 30.3 Å². The smallest absolute Gasteiger partial charge is 0.275 e. The molecule has 0 radical (unpaired) electrons. The molecule has 0 aliphatic heterocycles. The van der Waals surface area contributed by atoms with Crippen molar-refractivity contribution in [3.8, 4) is 5.75 Å². The number of hydrogen-bond acceptors (Lipinski definition) is 3. The predicted octanol–water partition coefficient (Wildman–Crippen LogP) is 3.23. The molecule has 1 N–H and O–H groups in total. The summed E-state index contributed by atoms with van der Waals surface area (Å²) in [6.45, 7) is 3.13. The van der Waals surface area contributed by atoms with Crippen LogP contribution in [0.3, 0.4) is 0 Å². The van der Waals surface area contributed by atoms with Crippen LogP contribution >= 0.6 is 0 Å². The number of nitrogens with zero attached hydrogens (tertiary/aromatic N) is 2. The fourth-order valence-electron chi connectivity index (χ4n) is 2.55. The number of carbonyl (C=O) groups is 1. The van der Waals surface area contributed by atoms with Gasteiger partial charge in [-0.15, -0.1) is 0 Å². The molecule has 23 heavy (non-hydrogen) atoms. The summed E-state index contributed by atoms with van der Waals surface area (Å²) in [6, 6.07) is 15.4. The third kappa shape index (κ3) is 3.04. The Kier molecular flexibility index (Phi) is 4.28. The zero-order valence-corrected chi connectivity index (χ0v) is 13.2. The van der Waals surface area contributed by atoms with Crippen LogP contribution in [0, 0.1) is 0 Å². The molecule has 0 unspecified atom stereocenters. The molecule has 0 bridgehead atoms. The van der Waals surface area contributed by atoms with E-state index in [0.717, 1.165) is 22.2 Å². The predicted molar refractivity (Wildman–Crippen MR) is 89.5 cm³/mol. The number of nitrogens with one attached hydrogen (secondary N) is 1. The second kappa shape index (κ2) is 6.52. The maximum atomic E-state index is 12.8. The Labute approximate surface area is 134 Å². The summed E-state index contributed by atoms with van der Waals surface area (Å²) in [7, 11) is 1.64. The van der Waals surface area contributed by atoms with Gasteiger partial charge in [-0.2, -0.15) is 5.10 Å². The Morgan fingerprint density at radius 2 is 1.91 bits per heavy atom. The van der Waals surface area contributed by atoms with Gasteiger partial charge in [-0.05, 0) is 30.7 Å². The maximum absolute atomic E-state index is 12.8. The lowest BCUT2D eigenvalue weighted by atomic mass is 10.1. The van der Waals surface area contributed by atoms with Crippen molar-refractivity contribution in [3.05, 3.63) is 59.8 Å². The van der Waals surface area contributed by atoms with Crippen LogP contribution in [0.2, 0.25) is 0 Å². The summed E-state index contributed by atoms with van der Waals surface area (Å²) in [4.78, 5) is 14.6. The van der Waals surface area contributed by atoms with E-state index in [1.165, 1.54) is 0 Å². The lowest BCUT2D eigenvalue weighted by Crippen LogP contribution is -2.30. The summed E-state index contributed by atoms with van der Waals surface area (Å²) in [6.07, 6.45) is 0.